The van der Waals surface area contributed by atoms with Crippen molar-refractivity contribution in [3.8, 4) is 16.4 Å². The normalized spacial score (nSPS) is 10.7. The first kappa shape index (κ1) is 16.1. The summed E-state index contributed by atoms with van der Waals surface area (Å²) in [6.07, 6.45) is 4.90. The minimum Gasteiger partial charge on any atom is -0.305 e. The van der Waals surface area contributed by atoms with Gasteiger partial charge in [-0.2, -0.15) is 0 Å². The van der Waals surface area contributed by atoms with E-state index in [4.69, 9.17) is 0 Å². The number of nitrogens with zero attached hydrogens (tertiary/aromatic N) is 5. The molecule has 0 saturated carbocycles. The fraction of sp³-hybridized carbons (Fsp3) is 0.0556. The molecule has 0 bridgehead atoms. The van der Waals surface area contributed by atoms with Crippen molar-refractivity contribution in [2.24, 2.45) is 0 Å². The predicted molar refractivity (Wildman–Crippen MR) is 99.4 cm³/mol. The fourth-order valence-electron chi connectivity index (χ4n) is 2.44. The van der Waals surface area contributed by atoms with Crippen molar-refractivity contribution < 1.29 is 4.79 Å². The van der Waals surface area contributed by atoms with Crippen LogP contribution in [-0.4, -0.2) is 30.4 Å². The van der Waals surface area contributed by atoms with Gasteiger partial charge in [0.15, 0.2) is 0 Å². The van der Waals surface area contributed by atoms with E-state index in [1.54, 1.807) is 23.8 Å². The lowest BCUT2D eigenvalue weighted by Gasteiger charge is -2.06. The van der Waals surface area contributed by atoms with Crippen LogP contribution in [0.15, 0.2) is 60.5 Å². The molecule has 128 valence electrons. The summed E-state index contributed by atoms with van der Waals surface area (Å²) in [5.74, 6) is 1.53. The van der Waals surface area contributed by atoms with Crippen LogP contribution in [0, 0.1) is 6.92 Å². The van der Waals surface area contributed by atoms with Gasteiger partial charge in [-0.25, -0.2) is 19.9 Å². The lowest BCUT2D eigenvalue weighted by Crippen LogP contribution is -2.14. The molecule has 0 atom stereocenters. The average molecular weight is 362 g/mol. The first-order chi connectivity index (χ1) is 12.7. The summed E-state index contributed by atoms with van der Waals surface area (Å²) in [5.41, 5.74) is 1.34. The Morgan fingerprint density at radius 2 is 2.00 bits per heavy atom. The molecule has 0 aliphatic heterocycles. The Morgan fingerprint density at radius 1 is 1.15 bits per heavy atom. The monoisotopic (exact) mass is 362 g/mol. The molecule has 3 aromatic heterocycles. The number of anilines is 1. The summed E-state index contributed by atoms with van der Waals surface area (Å²) in [6.45, 7) is 1.88. The Morgan fingerprint density at radius 3 is 2.77 bits per heavy atom. The van der Waals surface area contributed by atoms with E-state index in [0.717, 1.165) is 16.4 Å². The Kier molecular flexibility index (Phi) is 4.24. The zero-order valence-electron chi connectivity index (χ0n) is 13.8. The summed E-state index contributed by atoms with van der Waals surface area (Å²) in [7, 11) is 0. The molecular formula is C18H14N6OS. The molecule has 0 radical (unpaired) electrons. The Bertz CT molecular complexity index is 1060. The van der Waals surface area contributed by atoms with Gasteiger partial charge in [-0.15, -0.1) is 11.3 Å². The van der Waals surface area contributed by atoms with Gasteiger partial charge < -0.3 is 5.32 Å². The van der Waals surface area contributed by atoms with Gasteiger partial charge >= 0.3 is 0 Å². The van der Waals surface area contributed by atoms with Gasteiger partial charge in [0.25, 0.3) is 5.91 Å². The van der Waals surface area contributed by atoms with Gasteiger partial charge in [0.1, 0.15) is 34.5 Å². The van der Waals surface area contributed by atoms with Gasteiger partial charge in [0.05, 0.1) is 0 Å². The number of carbonyl (C=O) groups excluding carboxylic acids is 1. The van der Waals surface area contributed by atoms with Crippen LogP contribution in [0.4, 0.5) is 5.82 Å². The Hall–Kier alpha value is -3.39. The second-order valence-electron chi connectivity index (χ2n) is 5.46. The van der Waals surface area contributed by atoms with Crippen molar-refractivity contribution in [2.75, 3.05) is 5.32 Å². The van der Waals surface area contributed by atoms with Crippen molar-refractivity contribution in [3.05, 3.63) is 72.0 Å². The van der Waals surface area contributed by atoms with E-state index < -0.39 is 0 Å². The summed E-state index contributed by atoms with van der Waals surface area (Å²) in [5, 5.41) is 5.30. The van der Waals surface area contributed by atoms with E-state index in [9.17, 15) is 4.79 Å². The van der Waals surface area contributed by atoms with E-state index in [2.05, 4.69) is 25.3 Å². The fourth-order valence-corrected chi connectivity index (χ4v) is 3.25. The SMILES string of the molecule is Cc1nccn1-c1cc(NC(=O)c2csc(-c3ccccc3)n2)ncn1. The van der Waals surface area contributed by atoms with Crippen molar-refractivity contribution in [3.63, 3.8) is 0 Å². The molecule has 8 heteroatoms. The zero-order chi connectivity index (χ0) is 17.9. The zero-order valence-corrected chi connectivity index (χ0v) is 14.6. The molecule has 3 heterocycles. The van der Waals surface area contributed by atoms with Crippen LogP contribution in [0.2, 0.25) is 0 Å². The number of benzene rings is 1. The van der Waals surface area contributed by atoms with Gasteiger partial charge in [0, 0.05) is 29.4 Å². The van der Waals surface area contributed by atoms with Crippen LogP contribution < -0.4 is 5.32 Å². The van der Waals surface area contributed by atoms with Gasteiger partial charge in [-0.1, -0.05) is 30.3 Å². The van der Waals surface area contributed by atoms with Crippen LogP contribution in [0.25, 0.3) is 16.4 Å². The number of hydrogen-bond donors (Lipinski definition) is 1. The quantitative estimate of drug-likeness (QED) is 0.602. The highest BCUT2D eigenvalue weighted by Crippen LogP contribution is 2.23. The molecule has 4 rings (SSSR count). The van der Waals surface area contributed by atoms with Crippen LogP contribution in [-0.2, 0) is 0 Å². The number of aromatic nitrogens is 5. The largest absolute Gasteiger partial charge is 0.305 e. The number of hydrogen-bond acceptors (Lipinski definition) is 6. The van der Waals surface area contributed by atoms with E-state index in [1.165, 1.54) is 17.7 Å². The molecule has 0 aliphatic rings. The Balaban J connectivity index is 1.54. The number of imidazole rings is 1. The molecule has 0 saturated heterocycles. The van der Waals surface area contributed by atoms with Crippen molar-refractivity contribution in [1.82, 2.24) is 24.5 Å². The molecule has 1 aromatic carbocycles. The van der Waals surface area contributed by atoms with E-state index in [-0.39, 0.29) is 5.91 Å². The van der Waals surface area contributed by atoms with E-state index in [0.29, 0.717) is 17.3 Å². The second-order valence-corrected chi connectivity index (χ2v) is 6.32. The molecule has 0 spiro atoms. The third-order valence-electron chi connectivity index (χ3n) is 3.72. The maximum absolute atomic E-state index is 12.5. The smallest absolute Gasteiger partial charge is 0.276 e. The van der Waals surface area contributed by atoms with Crippen LogP contribution in [0.3, 0.4) is 0 Å². The predicted octanol–water partition coefficient (Wildman–Crippen LogP) is 3.35. The molecular weight excluding hydrogens is 348 g/mol. The lowest BCUT2D eigenvalue weighted by molar-refractivity contribution is 0.102. The third kappa shape index (κ3) is 3.22. The van der Waals surface area contributed by atoms with Crippen LogP contribution in [0.1, 0.15) is 16.3 Å². The molecule has 0 aliphatic carbocycles. The van der Waals surface area contributed by atoms with Crippen LogP contribution >= 0.6 is 11.3 Å². The van der Waals surface area contributed by atoms with Crippen molar-refractivity contribution >= 4 is 23.1 Å². The molecule has 4 aromatic rings. The minimum absolute atomic E-state index is 0.310. The van der Waals surface area contributed by atoms with Gasteiger partial charge in [0.2, 0.25) is 0 Å². The topological polar surface area (TPSA) is 85.6 Å². The summed E-state index contributed by atoms with van der Waals surface area (Å²) < 4.78 is 1.81. The molecule has 0 fully saturated rings. The van der Waals surface area contributed by atoms with E-state index in [1.807, 2.05) is 41.8 Å². The number of nitrogens with one attached hydrogen (secondary N) is 1. The lowest BCUT2D eigenvalue weighted by atomic mass is 10.2. The summed E-state index contributed by atoms with van der Waals surface area (Å²) >= 11 is 1.43. The second kappa shape index (κ2) is 6.85. The van der Waals surface area contributed by atoms with Gasteiger partial charge in [-0.3, -0.25) is 9.36 Å². The average Bonchev–Trinajstić information content (AvgIpc) is 3.32. The Labute approximate surface area is 153 Å². The number of aryl methyl sites for hydroxylation is 1. The molecule has 7 nitrogen and oxygen atoms in total. The molecule has 1 N–H and O–H groups in total. The first-order valence-electron chi connectivity index (χ1n) is 7.85. The number of thiazole rings is 1. The summed E-state index contributed by atoms with van der Waals surface area (Å²) in [6, 6.07) is 11.4. The molecule has 26 heavy (non-hydrogen) atoms. The maximum atomic E-state index is 12.5. The molecule has 0 unspecified atom stereocenters. The van der Waals surface area contributed by atoms with Crippen LogP contribution in [0.5, 0.6) is 0 Å². The van der Waals surface area contributed by atoms with Gasteiger partial charge in [-0.05, 0) is 6.92 Å². The van der Waals surface area contributed by atoms with Crippen molar-refractivity contribution in [1.29, 1.82) is 0 Å². The number of rotatable bonds is 4. The van der Waals surface area contributed by atoms with Crippen molar-refractivity contribution in [2.45, 2.75) is 6.92 Å². The number of carbonyl (C=O) groups is 1. The summed E-state index contributed by atoms with van der Waals surface area (Å²) in [4.78, 5) is 29.4. The van der Waals surface area contributed by atoms with E-state index >= 15 is 0 Å². The molecule has 1 amide bonds. The maximum Gasteiger partial charge on any atom is 0.276 e. The first-order valence-corrected chi connectivity index (χ1v) is 8.73. The number of amides is 1. The highest BCUT2D eigenvalue weighted by atomic mass is 32.1. The standard InChI is InChI=1S/C18H14N6OS/c1-12-19-7-8-24(12)16-9-15(20-11-21-16)23-17(25)14-10-26-18(22-14)13-5-3-2-4-6-13/h2-11H,1H3,(H,20,21,23,25). The third-order valence-corrected chi connectivity index (χ3v) is 4.62. The highest BCUT2D eigenvalue weighted by Gasteiger charge is 2.13. The highest BCUT2D eigenvalue weighted by molar-refractivity contribution is 7.13. The minimum atomic E-state index is -0.310.